The molecular weight excluding hydrogens is 196 g/mol. The highest BCUT2D eigenvalue weighted by Crippen LogP contribution is 2.44. The van der Waals surface area contributed by atoms with Crippen LogP contribution in [0.25, 0.3) is 0 Å². The summed E-state index contributed by atoms with van der Waals surface area (Å²) in [7, 11) is 0. The average Bonchev–Trinajstić information content (AvgIpc) is 2.76. The van der Waals surface area contributed by atoms with Crippen LogP contribution < -0.4 is 0 Å². The molecule has 0 saturated heterocycles. The fourth-order valence-corrected chi connectivity index (χ4v) is 2.77. The predicted molar refractivity (Wildman–Crippen MR) is 67.3 cm³/mol. The summed E-state index contributed by atoms with van der Waals surface area (Å²) >= 11 is 0. The minimum absolute atomic E-state index is 0.384. The molecule has 0 aliphatic heterocycles. The van der Waals surface area contributed by atoms with Gasteiger partial charge in [-0.15, -0.1) is 0 Å². The van der Waals surface area contributed by atoms with Crippen LogP contribution in [0, 0.1) is 11.3 Å². The van der Waals surface area contributed by atoms with Gasteiger partial charge in [-0.1, -0.05) is 25.5 Å². The van der Waals surface area contributed by atoms with Gasteiger partial charge < -0.3 is 4.42 Å². The second-order valence-corrected chi connectivity index (χ2v) is 5.41. The van der Waals surface area contributed by atoms with Crippen molar-refractivity contribution in [2.24, 2.45) is 11.3 Å². The molecule has 1 nitrogen and oxygen atoms in total. The van der Waals surface area contributed by atoms with Gasteiger partial charge in [0.2, 0.25) is 0 Å². The van der Waals surface area contributed by atoms with Crippen molar-refractivity contribution in [3.8, 4) is 0 Å². The molecule has 1 aliphatic rings. The topological polar surface area (TPSA) is 13.1 Å². The average molecular weight is 218 g/mol. The maximum atomic E-state index is 5.13. The lowest BCUT2D eigenvalue weighted by Gasteiger charge is -2.40. The lowest BCUT2D eigenvalue weighted by molar-refractivity contribution is 0.211. The van der Waals surface area contributed by atoms with E-state index in [1.165, 1.54) is 24.8 Å². The van der Waals surface area contributed by atoms with Crippen LogP contribution in [-0.2, 0) is 6.42 Å². The van der Waals surface area contributed by atoms with E-state index in [4.69, 9.17) is 4.42 Å². The third-order valence-corrected chi connectivity index (χ3v) is 4.55. The zero-order valence-corrected chi connectivity index (χ0v) is 10.6. The summed E-state index contributed by atoms with van der Waals surface area (Å²) in [5.41, 5.74) is 3.29. The van der Waals surface area contributed by atoms with Crippen molar-refractivity contribution >= 4 is 0 Å². The molecule has 1 heterocycles. The monoisotopic (exact) mass is 218 g/mol. The molecule has 0 unspecified atom stereocenters. The van der Waals surface area contributed by atoms with Gasteiger partial charge in [0.25, 0.3) is 0 Å². The van der Waals surface area contributed by atoms with E-state index in [1.807, 2.05) is 6.26 Å². The van der Waals surface area contributed by atoms with Crippen molar-refractivity contribution in [3.63, 3.8) is 0 Å². The molecule has 2 atom stereocenters. The normalized spacial score (nSPS) is 30.2. The molecule has 0 fully saturated rings. The molecule has 1 aliphatic carbocycles. The zero-order valence-electron chi connectivity index (χ0n) is 10.6. The Kier molecular flexibility index (Phi) is 3.22. The quantitative estimate of drug-likeness (QED) is 0.676. The maximum Gasteiger partial charge on any atom is 0.0934 e. The van der Waals surface area contributed by atoms with E-state index in [2.05, 4.69) is 32.9 Å². The first-order chi connectivity index (χ1) is 7.63. The molecule has 2 rings (SSSR count). The minimum atomic E-state index is 0.384. The molecule has 0 aromatic carbocycles. The van der Waals surface area contributed by atoms with Crippen LogP contribution >= 0.6 is 0 Å². The highest BCUT2D eigenvalue weighted by atomic mass is 16.3. The van der Waals surface area contributed by atoms with Gasteiger partial charge in [0.05, 0.1) is 12.5 Å². The maximum absolute atomic E-state index is 5.13. The van der Waals surface area contributed by atoms with E-state index in [0.717, 1.165) is 12.3 Å². The Hall–Kier alpha value is -0.980. The fourth-order valence-electron chi connectivity index (χ4n) is 2.77. The van der Waals surface area contributed by atoms with E-state index < -0.39 is 0 Å². The summed E-state index contributed by atoms with van der Waals surface area (Å²) in [6, 6.07) is 2.08. The molecule has 0 spiro atoms. The number of hydrogen-bond donors (Lipinski definition) is 0. The third kappa shape index (κ3) is 2.09. The molecule has 0 amide bonds. The second-order valence-electron chi connectivity index (χ2n) is 5.41. The Morgan fingerprint density at radius 1 is 1.50 bits per heavy atom. The van der Waals surface area contributed by atoms with Gasteiger partial charge in [0, 0.05) is 0 Å². The number of rotatable bonds is 3. The second kappa shape index (κ2) is 4.48. The van der Waals surface area contributed by atoms with Gasteiger partial charge in [0.1, 0.15) is 0 Å². The van der Waals surface area contributed by atoms with E-state index in [1.54, 1.807) is 11.8 Å². The highest BCUT2D eigenvalue weighted by Gasteiger charge is 2.34. The van der Waals surface area contributed by atoms with E-state index in [0.29, 0.717) is 5.41 Å². The molecular formula is C15H22O. The SMILES string of the molecule is CC1=CCC[C@@H](C)[C@@]1(C)CCc1ccoc1. The largest absolute Gasteiger partial charge is 0.472 e. The number of aryl methyl sites for hydroxylation is 1. The van der Waals surface area contributed by atoms with Gasteiger partial charge in [-0.25, -0.2) is 0 Å². The highest BCUT2D eigenvalue weighted by molar-refractivity contribution is 5.17. The summed E-state index contributed by atoms with van der Waals surface area (Å²) in [6.45, 7) is 7.11. The van der Waals surface area contributed by atoms with Crippen molar-refractivity contribution in [1.82, 2.24) is 0 Å². The number of allylic oxidation sites excluding steroid dienone is 2. The Balaban J connectivity index is 2.06. The molecule has 1 aromatic heterocycles. The summed E-state index contributed by atoms with van der Waals surface area (Å²) in [6.07, 6.45) is 11.0. The van der Waals surface area contributed by atoms with Crippen LogP contribution in [0.4, 0.5) is 0 Å². The molecule has 0 bridgehead atoms. The Morgan fingerprint density at radius 3 is 2.94 bits per heavy atom. The van der Waals surface area contributed by atoms with Gasteiger partial charge in [-0.05, 0) is 55.6 Å². The lowest BCUT2D eigenvalue weighted by Crippen LogP contribution is -2.30. The van der Waals surface area contributed by atoms with Crippen molar-refractivity contribution in [1.29, 1.82) is 0 Å². The standard InChI is InChI=1S/C15H22O/c1-12-5-4-6-13(2)15(12,3)9-7-14-8-10-16-11-14/h5,8,10-11,13H,4,6-7,9H2,1-3H3/t13-,15+/m1/s1. The summed E-state index contributed by atoms with van der Waals surface area (Å²) in [4.78, 5) is 0. The Labute approximate surface area is 98.5 Å². The molecule has 88 valence electrons. The van der Waals surface area contributed by atoms with Gasteiger partial charge in [-0.2, -0.15) is 0 Å². The van der Waals surface area contributed by atoms with Crippen LogP contribution in [0.15, 0.2) is 34.7 Å². The summed E-state index contributed by atoms with van der Waals surface area (Å²) in [5, 5.41) is 0. The third-order valence-electron chi connectivity index (χ3n) is 4.55. The van der Waals surface area contributed by atoms with Gasteiger partial charge >= 0.3 is 0 Å². The van der Waals surface area contributed by atoms with Crippen LogP contribution in [0.5, 0.6) is 0 Å². The van der Waals surface area contributed by atoms with Crippen LogP contribution in [-0.4, -0.2) is 0 Å². The predicted octanol–water partition coefficient (Wildman–Crippen LogP) is 4.59. The fraction of sp³-hybridized carbons (Fsp3) is 0.600. The van der Waals surface area contributed by atoms with Crippen LogP contribution in [0.2, 0.25) is 0 Å². The van der Waals surface area contributed by atoms with Gasteiger partial charge in [-0.3, -0.25) is 0 Å². The Morgan fingerprint density at radius 2 is 2.31 bits per heavy atom. The van der Waals surface area contributed by atoms with Gasteiger partial charge in [0.15, 0.2) is 0 Å². The van der Waals surface area contributed by atoms with Crippen molar-refractivity contribution in [2.45, 2.75) is 46.5 Å². The van der Waals surface area contributed by atoms with E-state index in [9.17, 15) is 0 Å². The molecule has 1 heteroatoms. The minimum Gasteiger partial charge on any atom is -0.472 e. The summed E-state index contributed by atoms with van der Waals surface area (Å²) < 4.78 is 5.13. The van der Waals surface area contributed by atoms with E-state index >= 15 is 0 Å². The van der Waals surface area contributed by atoms with Crippen molar-refractivity contribution in [3.05, 3.63) is 35.8 Å². The number of furan rings is 1. The summed E-state index contributed by atoms with van der Waals surface area (Å²) in [5.74, 6) is 0.796. The van der Waals surface area contributed by atoms with E-state index in [-0.39, 0.29) is 0 Å². The van der Waals surface area contributed by atoms with Crippen LogP contribution in [0.1, 0.15) is 45.6 Å². The first kappa shape index (κ1) is 11.5. The first-order valence-corrected chi connectivity index (χ1v) is 6.31. The van der Waals surface area contributed by atoms with Crippen molar-refractivity contribution in [2.75, 3.05) is 0 Å². The smallest absolute Gasteiger partial charge is 0.0934 e. The molecule has 1 aromatic rings. The number of hydrogen-bond acceptors (Lipinski definition) is 1. The van der Waals surface area contributed by atoms with Crippen LogP contribution in [0.3, 0.4) is 0 Å². The molecule has 16 heavy (non-hydrogen) atoms. The Bertz CT molecular complexity index is 361. The first-order valence-electron chi connectivity index (χ1n) is 6.31. The molecule has 0 N–H and O–H groups in total. The van der Waals surface area contributed by atoms with Crippen molar-refractivity contribution < 1.29 is 4.42 Å². The molecule has 0 radical (unpaired) electrons. The zero-order chi connectivity index (χ0) is 11.6. The lowest BCUT2D eigenvalue weighted by atomic mass is 9.65. The molecule has 0 saturated carbocycles.